The molecular weight excluding hydrogens is 266 g/mol. The summed E-state index contributed by atoms with van der Waals surface area (Å²) in [7, 11) is 2.18. The third-order valence-corrected chi connectivity index (χ3v) is 4.61. The van der Waals surface area contributed by atoms with Crippen molar-refractivity contribution in [3.8, 4) is 0 Å². The zero-order chi connectivity index (χ0) is 15.1. The third-order valence-electron chi connectivity index (χ3n) is 4.61. The number of esters is 1. The van der Waals surface area contributed by atoms with Crippen molar-refractivity contribution in [2.45, 2.75) is 38.6 Å². The Kier molecular flexibility index (Phi) is 6.93. The highest BCUT2D eigenvalue weighted by atomic mass is 16.5. The van der Waals surface area contributed by atoms with Crippen LogP contribution in [0.4, 0.5) is 0 Å². The second-order valence-electron chi connectivity index (χ2n) is 6.47. The van der Waals surface area contributed by atoms with Crippen LogP contribution in [0, 0.1) is 0 Å². The van der Waals surface area contributed by atoms with E-state index in [0.717, 1.165) is 45.7 Å². The molecule has 0 spiro atoms. The summed E-state index contributed by atoms with van der Waals surface area (Å²) in [5.41, 5.74) is 0. The van der Waals surface area contributed by atoms with Crippen LogP contribution in [0.3, 0.4) is 0 Å². The number of piperazine rings is 1. The van der Waals surface area contributed by atoms with Crippen LogP contribution in [0.15, 0.2) is 0 Å². The molecule has 2 aliphatic heterocycles. The fourth-order valence-corrected chi connectivity index (χ4v) is 3.03. The average molecular weight is 297 g/mol. The number of nitrogens with zero attached hydrogens (tertiary/aromatic N) is 3. The van der Waals surface area contributed by atoms with Crippen molar-refractivity contribution >= 4 is 5.97 Å². The molecule has 0 amide bonds. The maximum Gasteiger partial charge on any atom is 0.320 e. The van der Waals surface area contributed by atoms with Gasteiger partial charge in [0.25, 0.3) is 0 Å². The van der Waals surface area contributed by atoms with Crippen LogP contribution in [0.5, 0.6) is 0 Å². The highest BCUT2D eigenvalue weighted by molar-refractivity contribution is 5.71. The molecule has 0 atom stereocenters. The Morgan fingerprint density at radius 1 is 1.10 bits per heavy atom. The van der Waals surface area contributed by atoms with Gasteiger partial charge in [-0.1, -0.05) is 26.2 Å². The Morgan fingerprint density at radius 3 is 2.48 bits per heavy atom. The van der Waals surface area contributed by atoms with E-state index < -0.39 is 0 Å². The SMILES string of the molecule is CCCCCCOC(=O)CN1CC(N2CCN(C)CC2)C1. The van der Waals surface area contributed by atoms with Crippen molar-refractivity contribution in [1.82, 2.24) is 14.7 Å². The first-order valence-electron chi connectivity index (χ1n) is 8.49. The van der Waals surface area contributed by atoms with E-state index in [1.54, 1.807) is 0 Å². The minimum atomic E-state index is -0.0525. The lowest BCUT2D eigenvalue weighted by atomic mass is 10.1. The minimum Gasteiger partial charge on any atom is -0.465 e. The molecule has 5 heteroatoms. The van der Waals surface area contributed by atoms with E-state index >= 15 is 0 Å². The molecule has 0 aliphatic carbocycles. The third kappa shape index (κ3) is 5.57. The van der Waals surface area contributed by atoms with Crippen molar-refractivity contribution < 1.29 is 9.53 Å². The van der Waals surface area contributed by atoms with E-state index in [1.807, 2.05) is 0 Å². The number of likely N-dealkylation sites (N-methyl/N-ethyl adjacent to an activating group) is 1. The largest absolute Gasteiger partial charge is 0.465 e. The first-order valence-corrected chi connectivity index (χ1v) is 8.49. The normalized spacial score (nSPS) is 22.2. The number of hydrogen-bond acceptors (Lipinski definition) is 5. The quantitative estimate of drug-likeness (QED) is 0.494. The van der Waals surface area contributed by atoms with Crippen molar-refractivity contribution in [2.75, 3.05) is 59.5 Å². The van der Waals surface area contributed by atoms with Crippen LogP contribution in [-0.4, -0.2) is 86.2 Å². The molecule has 0 bridgehead atoms. The second-order valence-corrected chi connectivity index (χ2v) is 6.47. The number of hydrogen-bond donors (Lipinski definition) is 0. The fraction of sp³-hybridized carbons (Fsp3) is 0.938. The monoisotopic (exact) mass is 297 g/mol. The van der Waals surface area contributed by atoms with Gasteiger partial charge in [0.15, 0.2) is 0 Å². The van der Waals surface area contributed by atoms with E-state index in [9.17, 15) is 4.79 Å². The number of ether oxygens (including phenoxy) is 1. The van der Waals surface area contributed by atoms with Gasteiger partial charge in [-0.2, -0.15) is 0 Å². The molecule has 0 saturated carbocycles. The lowest BCUT2D eigenvalue weighted by molar-refractivity contribution is -0.147. The standard InChI is InChI=1S/C16H31N3O2/c1-3-4-5-6-11-21-16(20)14-18-12-15(13-18)19-9-7-17(2)8-10-19/h15H,3-14H2,1-2H3. The number of likely N-dealkylation sites (tertiary alicyclic amines) is 1. The van der Waals surface area contributed by atoms with Gasteiger partial charge in [0.05, 0.1) is 13.2 Å². The van der Waals surface area contributed by atoms with Gasteiger partial charge in [-0.05, 0) is 13.5 Å². The van der Waals surface area contributed by atoms with E-state index in [-0.39, 0.29) is 5.97 Å². The average Bonchev–Trinajstić information content (AvgIpc) is 2.43. The summed E-state index contributed by atoms with van der Waals surface area (Å²) < 4.78 is 5.29. The van der Waals surface area contributed by atoms with Gasteiger partial charge >= 0.3 is 5.97 Å². The topological polar surface area (TPSA) is 36.0 Å². The Bertz CT molecular complexity index is 311. The number of carbonyl (C=O) groups excluding carboxylic acids is 1. The van der Waals surface area contributed by atoms with Crippen molar-refractivity contribution in [3.63, 3.8) is 0 Å². The van der Waals surface area contributed by atoms with Crippen LogP contribution >= 0.6 is 0 Å². The lowest BCUT2D eigenvalue weighted by Crippen LogP contribution is -2.63. The molecule has 2 rings (SSSR count). The maximum atomic E-state index is 11.7. The summed E-state index contributed by atoms with van der Waals surface area (Å²) in [5, 5.41) is 0. The Balaban J connectivity index is 1.50. The van der Waals surface area contributed by atoms with Gasteiger partial charge in [-0.25, -0.2) is 0 Å². The van der Waals surface area contributed by atoms with Crippen molar-refractivity contribution in [1.29, 1.82) is 0 Å². The first-order chi connectivity index (χ1) is 10.2. The summed E-state index contributed by atoms with van der Waals surface area (Å²) in [6.45, 7) is 9.95. The minimum absolute atomic E-state index is 0.0525. The predicted octanol–water partition coefficient (Wildman–Crippen LogP) is 1.04. The maximum absolute atomic E-state index is 11.7. The van der Waals surface area contributed by atoms with Gasteiger partial charge in [-0.3, -0.25) is 14.6 Å². The summed E-state index contributed by atoms with van der Waals surface area (Å²) in [6.07, 6.45) is 4.62. The van der Waals surface area contributed by atoms with Crippen LogP contribution in [0.25, 0.3) is 0 Å². The molecule has 2 fully saturated rings. The lowest BCUT2D eigenvalue weighted by Gasteiger charge is -2.47. The van der Waals surface area contributed by atoms with Crippen LogP contribution in [-0.2, 0) is 9.53 Å². The summed E-state index contributed by atoms with van der Waals surface area (Å²) >= 11 is 0. The smallest absolute Gasteiger partial charge is 0.320 e. The molecular formula is C16H31N3O2. The highest BCUT2D eigenvalue weighted by Gasteiger charge is 2.33. The van der Waals surface area contributed by atoms with Crippen LogP contribution in [0.1, 0.15) is 32.6 Å². The molecule has 0 unspecified atom stereocenters. The van der Waals surface area contributed by atoms with Gasteiger partial charge in [0.1, 0.15) is 0 Å². The molecule has 21 heavy (non-hydrogen) atoms. The van der Waals surface area contributed by atoms with E-state index in [1.165, 1.54) is 19.3 Å². The zero-order valence-corrected chi connectivity index (χ0v) is 13.7. The Labute approximate surface area is 129 Å². The molecule has 0 aromatic rings. The van der Waals surface area contributed by atoms with Crippen LogP contribution in [0.2, 0.25) is 0 Å². The molecule has 0 aromatic carbocycles. The molecule has 0 N–H and O–H groups in total. The van der Waals surface area contributed by atoms with E-state index in [2.05, 4.69) is 28.7 Å². The molecule has 0 aromatic heterocycles. The van der Waals surface area contributed by atoms with Gasteiger partial charge < -0.3 is 9.64 Å². The highest BCUT2D eigenvalue weighted by Crippen LogP contribution is 2.16. The van der Waals surface area contributed by atoms with Gasteiger partial charge in [0.2, 0.25) is 0 Å². The van der Waals surface area contributed by atoms with Gasteiger partial charge in [-0.15, -0.1) is 0 Å². The Hall–Kier alpha value is -0.650. The summed E-state index contributed by atoms with van der Waals surface area (Å²) in [4.78, 5) is 18.9. The van der Waals surface area contributed by atoms with Crippen molar-refractivity contribution in [2.24, 2.45) is 0 Å². The van der Waals surface area contributed by atoms with Crippen LogP contribution < -0.4 is 0 Å². The predicted molar refractivity (Wildman–Crippen MR) is 84.4 cm³/mol. The number of unbranched alkanes of at least 4 members (excludes halogenated alkanes) is 3. The summed E-state index contributed by atoms with van der Waals surface area (Å²) in [6, 6.07) is 0.649. The summed E-state index contributed by atoms with van der Waals surface area (Å²) in [5.74, 6) is -0.0525. The zero-order valence-electron chi connectivity index (χ0n) is 13.7. The Morgan fingerprint density at radius 2 is 1.81 bits per heavy atom. The number of rotatable bonds is 8. The first kappa shape index (κ1) is 16.7. The molecule has 2 aliphatic rings. The molecule has 2 heterocycles. The fourth-order valence-electron chi connectivity index (χ4n) is 3.03. The molecule has 0 radical (unpaired) electrons. The van der Waals surface area contributed by atoms with Gasteiger partial charge in [0, 0.05) is 45.3 Å². The second kappa shape index (κ2) is 8.71. The van der Waals surface area contributed by atoms with E-state index in [4.69, 9.17) is 4.74 Å². The molecule has 5 nitrogen and oxygen atoms in total. The number of carbonyl (C=O) groups is 1. The van der Waals surface area contributed by atoms with E-state index in [0.29, 0.717) is 19.2 Å². The molecule has 2 saturated heterocycles. The molecule has 122 valence electrons. The van der Waals surface area contributed by atoms with Crippen molar-refractivity contribution in [3.05, 3.63) is 0 Å².